The topological polar surface area (TPSA) is 113 Å². The highest BCUT2D eigenvalue weighted by molar-refractivity contribution is 7.89. The zero-order valence-electron chi connectivity index (χ0n) is 13.4. The summed E-state index contributed by atoms with van der Waals surface area (Å²) in [5.41, 5.74) is 1.13. The summed E-state index contributed by atoms with van der Waals surface area (Å²) in [5.74, 6) is -0.603. The molecule has 0 saturated carbocycles. The van der Waals surface area contributed by atoms with Gasteiger partial charge >= 0.3 is 5.97 Å². The molecule has 0 amide bonds. The Hall–Kier alpha value is -2.13. The molecule has 3 N–H and O–H groups in total. The van der Waals surface area contributed by atoms with Gasteiger partial charge in [-0.1, -0.05) is 17.7 Å². The fraction of sp³-hybridized carbons (Fsp3) is 0.235. The minimum atomic E-state index is -3.78. The molecular formula is C17H16ClNO6S. The predicted molar refractivity (Wildman–Crippen MR) is 93.8 cm³/mol. The molecule has 0 aromatic heterocycles. The molecule has 2 aromatic carbocycles. The van der Waals surface area contributed by atoms with Crippen LogP contribution in [0.15, 0.2) is 47.4 Å². The van der Waals surface area contributed by atoms with E-state index in [1.54, 1.807) is 18.2 Å². The molecule has 9 heteroatoms. The number of aliphatic hydroxyl groups excluding tert-OH is 1. The molecule has 0 fully saturated rings. The second-order valence-corrected chi connectivity index (χ2v) is 8.04. The number of carboxylic acid groups (broad SMARTS) is 1. The molecule has 2 unspecified atom stereocenters. The second-order valence-electron chi connectivity index (χ2n) is 5.84. The number of halogens is 1. The van der Waals surface area contributed by atoms with Crippen LogP contribution in [-0.2, 0) is 21.2 Å². The fourth-order valence-corrected chi connectivity index (χ4v) is 3.78. The highest BCUT2D eigenvalue weighted by Gasteiger charge is 2.29. The van der Waals surface area contributed by atoms with Gasteiger partial charge in [-0.3, -0.25) is 0 Å². The van der Waals surface area contributed by atoms with Gasteiger partial charge in [-0.15, -0.1) is 0 Å². The fourth-order valence-electron chi connectivity index (χ4n) is 2.62. The molecule has 1 aliphatic heterocycles. The van der Waals surface area contributed by atoms with E-state index < -0.39 is 28.2 Å². The molecule has 138 valence electrons. The van der Waals surface area contributed by atoms with Crippen molar-refractivity contribution in [2.75, 3.05) is 6.54 Å². The molecular weight excluding hydrogens is 382 g/mol. The molecule has 7 nitrogen and oxygen atoms in total. The Morgan fingerprint density at radius 1 is 1.27 bits per heavy atom. The second kappa shape index (κ2) is 7.24. The average Bonchev–Trinajstić information content (AvgIpc) is 3.03. The van der Waals surface area contributed by atoms with Gasteiger partial charge in [0.25, 0.3) is 0 Å². The lowest BCUT2D eigenvalue weighted by molar-refractivity contribution is -0.144. The molecule has 0 aliphatic carbocycles. The molecule has 0 spiro atoms. The van der Waals surface area contributed by atoms with Crippen LogP contribution in [0.4, 0.5) is 0 Å². The van der Waals surface area contributed by atoms with E-state index in [1.165, 1.54) is 24.3 Å². The van der Waals surface area contributed by atoms with Gasteiger partial charge in [0, 0.05) is 18.0 Å². The summed E-state index contributed by atoms with van der Waals surface area (Å²) < 4.78 is 32.1. The van der Waals surface area contributed by atoms with Crippen molar-refractivity contribution >= 4 is 27.6 Å². The van der Waals surface area contributed by atoms with Crippen molar-refractivity contribution in [1.82, 2.24) is 4.72 Å². The van der Waals surface area contributed by atoms with Crippen molar-refractivity contribution in [2.45, 2.75) is 23.5 Å². The molecule has 0 saturated heterocycles. The van der Waals surface area contributed by atoms with Gasteiger partial charge < -0.3 is 14.9 Å². The SMILES string of the molecule is O=C(O)C1Cc2cc(C(O)CNS(=O)(=O)c3ccc(Cl)cc3)ccc2O1. The van der Waals surface area contributed by atoms with Crippen LogP contribution in [0.25, 0.3) is 0 Å². The van der Waals surface area contributed by atoms with Crippen LogP contribution >= 0.6 is 11.6 Å². The largest absolute Gasteiger partial charge is 0.478 e. The quantitative estimate of drug-likeness (QED) is 0.684. The van der Waals surface area contributed by atoms with Crippen LogP contribution in [0.5, 0.6) is 5.75 Å². The van der Waals surface area contributed by atoms with Crippen molar-refractivity contribution in [2.24, 2.45) is 0 Å². The lowest BCUT2D eigenvalue weighted by Crippen LogP contribution is -2.28. The number of hydrogen-bond acceptors (Lipinski definition) is 5. The van der Waals surface area contributed by atoms with Crippen LogP contribution < -0.4 is 9.46 Å². The lowest BCUT2D eigenvalue weighted by atomic mass is 10.0. The molecule has 1 heterocycles. The van der Waals surface area contributed by atoms with Crippen LogP contribution in [-0.4, -0.2) is 37.2 Å². The van der Waals surface area contributed by atoms with Crippen LogP contribution in [0, 0.1) is 0 Å². The summed E-state index contributed by atoms with van der Waals surface area (Å²) in [6, 6.07) is 10.4. The maximum atomic E-state index is 12.2. The minimum absolute atomic E-state index is 0.0424. The van der Waals surface area contributed by atoms with E-state index in [0.29, 0.717) is 21.9 Å². The van der Waals surface area contributed by atoms with Crippen molar-refractivity contribution in [3.8, 4) is 5.75 Å². The molecule has 0 radical (unpaired) electrons. The number of aliphatic hydroxyl groups is 1. The average molecular weight is 398 g/mol. The predicted octanol–water partition coefficient (Wildman–Crippen LogP) is 1.74. The highest BCUT2D eigenvalue weighted by Crippen LogP contribution is 2.31. The minimum Gasteiger partial charge on any atom is -0.478 e. The third-order valence-corrected chi connectivity index (χ3v) is 5.70. The molecule has 0 bridgehead atoms. The maximum absolute atomic E-state index is 12.2. The number of carboxylic acids is 1. The third kappa shape index (κ3) is 3.99. The maximum Gasteiger partial charge on any atom is 0.345 e. The van der Waals surface area contributed by atoms with E-state index >= 15 is 0 Å². The molecule has 2 aromatic rings. The van der Waals surface area contributed by atoms with Gasteiger partial charge in [0.2, 0.25) is 10.0 Å². The Kier molecular flexibility index (Phi) is 5.19. The first-order valence-corrected chi connectivity index (χ1v) is 9.58. The van der Waals surface area contributed by atoms with Gasteiger partial charge in [-0.05, 0) is 47.5 Å². The van der Waals surface area contributed by atoms with Crippen molar-refractivity contribution in [3.63, 3.8) is 0 Å². The monoisotopic (exact) mass is 397 g/mol. The standard InChI is InChI=1S/C17H16ClNO6S/c18-12-2-4-13(5-3-12)26(23,24)19-9-14(20)10-1-6-15-11(7-10)8-16(25-15)17(21)22/h1-7,14,16,19-20H,8-9H2,(H,21,22). The number of ether oxygens (including phenoxy) is 1. The normalized spacial score (nSPS) is 17.4. The number of rotatable bonds is 6. The van der Waals surface area contributed by atoms with Gasteiger partial charge in [0.15, 0.2) is 6.10 Å². The first-order chi connectivity index (χ1) is 12.3. The summed E-state index contributed by atoms with van der Waals surface area (Å²) in [7, 11) is -3.78. The third-order valence-electron chi connectivity index (χ3n) is 4.01. The van der Waals surface area contributed by atoms with E-state index in [0.717, 1.165) is 0 Å². The number of benzene rings is 2. The van der Waals surface area contributed by atoms with Gasteiger partial charge in [0.05, 0.1) is 11.0 Å². The number of carbonyl (C=O) groups is 1. The van der Waals surface area contributed by atoms with Crippen LogP contribution in [0.1, 0.15) is 17.2 Å². The number of sulfonamides is 1. The molecule has 2 atom stereocenters. The zero-order chi connectivity index (χ0) is 18.9. The van der Waals surface area contributed by atoms with Gasteiger partial charge in [-0.25, -0.2) is 17.9 Å². The van der Waals surface area contributed by atoms with Gasteiger partial charge in [0.1, 0.15) is 5.75 Å². The van der Waals surface area contributed by atoms with E-state index in [9.17, 15) is 18.3 Å². The number of aliphatic carboxylic acids is 1. The van der Waals surface area contributed by atoms with Gasteiger partial charge in [-0.2, -0.15) is 0 Å². The van der Waals surface area contributed by atoms with Crippen LogP contribution in [0.3, 0.4) is 0 Å². The van der Waals surface area contributed by atoms with Crippen molar-refractivity contribution < 1.29 is 28.2 Å². The Bertz CT molecular complexity index is 929. The van der Waals surface area contributed by atoms with Crippen molar-refractivity contribution in [1.29, 1.82) is 0 Å². The number of nitrogens with one attached hydrogen (secondary N) is 1. The summed E-state index contributed by atoms with van der Waals surface area (Å²) in [4.78, 5) is 11.0. The number of hydrogen-bond donors (Lipinski definition) is 3. The Morgan fingerprint density at radius 2 is 1.96 bits per heavy atom. The smallest absolute Gasteiger partial charge is 0.345 e. The molecule has 3 rings (SSSR count). The van der Waals surface area contributed by atoms with E-state index in [2.05, 4.69) is 4.72 Å². The van der Waals surface area contributed by atoms with Crippen LogP contribution in [0.2, 0.25) is 5.02 Å². The first kappa shape index (κ1) is 18.7. The number of fused-ring (bicyclic) bond motifs is 1. The van der Waals surface area contributed by atoms with E-state index in [4.69, 9.17) is 21.4 Å². The Morgan fingerprint density at radius 3 is 2.62 bits per heavy atom. The lowest BCUT2D eigenvalue weighted by Gasteiger charge is -2.13. The summed E-state index contributed by atoms with van der Waals surface area (Å²) in [6.07, 6.45) is -1.84. The summed E-state index contributed by atoms with van der Waals surface area (Å²) in [6.45, 7) is -0.229. The van der Waals surface area contributed by atoms with E-state index in [1.807, 2.05) is 0 Å². The Balaban J connectivity index is 1.68. The molecule has 26 heavy (non-hydrogen) atoms. The summed E-state index contributed by atoms with van der Waals surface area (Å²) in [5, 5.41) is 19.7. The van der Waals surface area contributed by atoms with E-state index in [-0.39, 0.29) is 17.9 Å². The highest BCUT2D eigenvalue weighted by atomic mass is 35.5. The first-order valence-electron chi connectivity index (χ1n) is 7.72. The molecule has 1 aliphatic rings. The van der Waals surface area contributed by atoms with Crippen molar-refractivity contribution in [3.05, 3.63) is 58.6 Å². The Labute approximate surface area is 155 Å². The summed E-state index contributed by atoms with van der Waals surface area (Å²) >= 11 is 5.74. The zero-order valence-corrected chi connectivity index (χ0v) is 15.0.